The van der Waals surface area contributed by atoms with Gasteiger partial charge in [-0.1, -0.05) is 5.16 Å². The first-order valence-electron chi connectivity index (χ1n) is 4.86. The molecule has 1 atom stereocenters. The van der Waals surface area contributed by atoms with Crippen molar-refractivity contribution >= 4 is 33.0 Å². The molecule has 2 N–H and O–H groups in total. The van der Waals surface area contributed by atoms with Crippen LogP contribution in [0.3, 0.4) is 0 Å². The molecule has 0 saturated carbocycles. The van der Waals surface area contributed by atoms with Gasteiger partial charge in [-0.05, 0) is 25.2 Å². The van der Waals surface area contributed by atoms with Crippen molar-refractivity contribution in [3.8, 4) is 0 Å². The first-order chi connectivity index (χ1) is 7.94. The second-order valence-electron chi connectivity index (χ2n) is 3.69. The Balaban J connectivity index is 1.89. The lowest BCUT2D eigenvalue weighted by molar-refractivity contribution is 0.400. The van der Waals surface area contributed by atoms with Crippen molar-refractivity contribution in [2.24, 2.45) is 0 Å². The molecule has 0 aromatic carbocycles. The molecule has 2 rings (SSSR count). The fourth-order valence-corrected chi connectivity index (χ4v) is 2.90. The van der Waals surface area contributed by atoms with Crippen LogP contribution in [0.4, 0.5) is 5.82 Å². The predicted molar refractivity (Wildman–Crippen MR) is 67.3 cm³/mol. The highest BCUT2D eigenvalue weighted by Gasteiger charge is 2.22. The lowest BCUT2D eigenvalue weighted by Gasteiger charge is -2.12. The van der Waals surface area contributed by atoms with Crippen LogP contribution < -0.4 is 10.6 Å². The lowest BCUT2D eigenvalue weighted by Crippen LogP contribution is -2.38. The van der Waals surface area contributed by atoms with Crippen LogP contribution in [-0.4, -0.2) is 30.5 Å². The van der Waals surface area contributed by atoms with Gasteiger partial charge in [0.05, 0.1) is 11.8 Å². The van der Waals surface area contributed by atoms with Crippen molar-refractivity contribution < 1.29 is 12.9 Å². The van der Waals surface area contributed by atoms with Gasteiger partial charge in [-0.25, -0.2) is 8.42 Å². The van der Waals surface area contributed by atoms with Gasteiger partial charge in [0.25, 0.3) is 0 Å². The highest BCUT2D eigenvalue weighted by atomic mass is 32.2. The standard InChI is InChI=1S/C9H11N3O3S2/c1-6-4-8(12-15-6)11-9(16)10-7-2-3-17(13,14)5-7/h2-4,7H,5H2,1H3,(H2,10,11,12,16)/t7-/m0/s1. The number of thiocarbonyl (C=S) groups is 1. The van der Waals surface area contributed by atoms with E-state index in [0.717, 1.165) is 0 Å². The Kier molecular flexibility index (Phi) is 3.16. The van der Waals surface area contributed by atoms with E-state index in [1.54, 1.807) is 19.1 Å². The summed E-state index contributed by atoms with van der Waals surface area (Å²) in [4.78, 5) is 0. The molecule has 0 radical (unpaired) electrons. The normalized spacial score (nSPS) is 21.4. The highest BCUT2D eigenvalue weighted by molar-refractivity contribution is 7.94. The van der Waals surface area contributed by atoms with E-state index in [1.165, 1.54) is 5.41 Å². The van der Waals surface area contributed by atoms with E-state index in [0.29, 0.717) is 16.7 Å². The summed E-state index contributed by atoms with van der Waals surface area (Å²) in [6, 6.07) is 1.39. The zero-order chi connectivity index (χ0) is 12.5. The van der Waals surface area contributed by atoms with Crippen LogP contribution in [0.25, 0.3) is 0 Å². The largest absolute Gasteiger partial charge is 0.360 e. The van der Waals surface area contributed by atoms with Gasteiger partial charge >= 0.3 is 0 Å². The van der Waals surface area contributed by atoms with Crippen LogP contribution in [0.2, 0.25) is 0 Å². The van der Waals surface area contributed by atoms with E-state index < -0.39 is 9.84 Å². The van der Waals surface area contributed by atoms with Gasteiger partial charge in [0.15, 0.2) is 20.8 Å². The maximum absolute atomic E-state index is 11.2. The number of anilines is 1. The maximum Gasteiger partial charge on any atom is 0.175 e. The Morgan fingerprint density at radius 2 is 2.41 bits per heavy atom. The van der Waals surface area contributed by atoms with Gasteiger partial charge in [0.1, 0.15) is 5.76 Å². The molecule has 1 aromatic rings. The van der Waals surface area contributed by atoms with Crippen molar-refractivity contribution in [3.63, 3.8) is 0 Å². The third-order valence-corrected chi connectivity index (χ3v) is 3.73. The number of rotatable bonds is 2. The molecule has 0 amide bonds. The quantitative estimate of drug-likeness (QED) is 0.762. The first-order valence-corrected chi connectivity index (χ1v) is 6.99. The number of nitrogens with one attached hydrogen (secondary N) is 2. The van der Waals surface area contributed by atoms with Crippen molar-refractivity contribution in [2.45, 2.75) is 13.0 Å². The average Bonchev–Trinajstić information content (AvgIpc) is 2.73. The Labute approximate surface area is 104 Å². The van der Waals surface area contributed by atoms with E-state index in [1.807, 2.05) is 0 Å². The SMILES string of the molecule is Cc1cc(NC(=S)N[C@H]2C=CS(=O)(=O)C2)no1. The van der Waals surface area contributed by atoms with Crippen LogP contribution in [0.15, 0.2) is 22.1 Å². The molecule has 92 valence electrons. The summed E-state index contributed by atoms with van der Waals surface area (Å²) in [6.07, 6.45) is 1.57. The molecular weight excluding hydrogens is 262 g/mol. The van der Waals surface area contributed by atoms with Gasteiger partial charge in [-0.15, -0.1) is 0 Å². The molecule has 1 aliphatic rings. The lowest BCUT2D eigenvalue weighted by atomic mass is 10.3. The van der Waals surface area contributed by atoms with Gasteiger partial charge in [0.2, 0.25) is 0 Å². The van der Waals surface area contributed by atoms with Gasteiger partial charge in [-0.2, -0.15) is 0 Å². The van der Waals surface area contributed by atoms with E-state index in [-0.39, 0.29) is 11.8 Å². The van der Waals surface area contributed by atoms with Crippen molar-refractivity contribution in [1.29, 1.82) is 0 Å². The molecule has 0 aliphatic carbocycles. The summed E-state index contributed by atoms with van der Waals surface area (Å²) >= 11 is 5.02. The number of nitrogens with zero attached hydrogens (tertiary/aromatic N) is 1. The molecule has 0 fully saturated rings. The second kappa shape index (κ2) is 4.46. The molecular formula is C9H11N3O3S2. The molecule has 2 heterocycles. The topological polar surface area (TPSA) is 84.2 Å². The zero-order valence-electron chi connectivity index (χ0n) is 9.00. The van der Waals surface area contributed by atoms with Gasteiger partial charge in [0, 0.05) is 11.5 Å². The van der Waals surface area contributed by atoms with Crippen LogP contribution >= 0.6 is 12.2 Å². The summed E-state index contributed by atoms with van der Waals surface area (Å²) in [6.45, 7) is 1.76. The van der Waals surface area contributed by atoms with Crippen molar-refractivity contribution in [3.05, 3.63) is 23.3 Å². The molecule has 6 nitrogen and oxygen atoms in total. The number of aromatic nitrogens is 1. The molecule has 1 aliphatic heterocycles. The molecule has 1 aromatic heterocycles. The molecule has 0 spiro atoms. The Hall–Kier alpha value is -1.41. The smallest absolute Gasteiger partial charge is 0.175 e. The number of hydrogen-bond acceptors (Lipinski definition) is 5. The van der Waals surface area contributed by atoms with Crippen LogP contribution in [0.5, 0.6) is 0 Å². The van der Waals surface area contributed by atoms with E-state index in [9.17, 15) is 8.42 Å². The average molecular weight is 273 g/mol. The number of hydrogen-bond donors (Lipinski definition) is 2. The van der Waals surface area contributed by atoms with Crippen molar-refractivity contribution in [1.82, 2.24) is 10.5 Å². The van der Waals surface area contributed by atoms with Crippen LogP contribution in [0.1, 0.15) is 5.76 Å². The van der Waals surface area contributed by atoms with E-state index in [2.05, 4.69) is 15.8 Å². The fraction of sp³-hybridized carbons (Fsp3) is 0.333. The minimum Gasteiger partial charge on any atom is -0.360 e. The Morgan fingerprint density at radius 3 is 2.94 bits per heavy atom. The number of sulfone groups is 1. The van der Waals surface area contributed by atoms with Gasteiger partial charge in [-0.3, -0.25) is 0 Å². The predicted octanol–water partition coefficient (Wildman–Crippen LogP) is 0.580. The van der Waals surface area contributed by atoms with Crippen LogP contribution in [0, 0.1) is 6.92 Å². The number of aryl methyl sites for hydroxylation is 1. The monoisotopic (exact) mass is 273 g/mol. The van der Waals surface area contributed by atoms with Crippen LogP contribution in [-0.2, 0) is 9.84 Å². The summed E-state index contributed by atoms with van der Waals surface area (Å²) in [5.74, 6) is 1.18. The van der Waals surface area contributed by atoms with E-state index in [4.69, 9.17) is 16.7 Å². The highest BCUT2D eigenvalue weighted by Crippen LogP contribution is 2.09. The maximum atomic E-state index is 11.2. The summed E-state index contributed by atoms with van der Waals surface area (Å²) < 4.78 is 27.2. The van der Waals surface area contributed by atoms with Crippen molar-refractivity contribution in [2.75, 3.05) is 11.1 Å². The van der Waals surface area contributed by atoms with Gasteiger partial charge < -0.3 is 15.2 Å². The molecule has 0 bridgehead atoms. The van der Waals surface area contributed by atoms with E-state index >= 15 is 0 Å². The Bertz CT molecular complexity index is 562. The Morgan fingerprint density at radius 1 is 1.65 bits per heavy atom. The molecule has 0 saturated heterocycles. The molecule has 0 unspecified atom stereocenters. The zero-order valence-corrected chi connectivity index (χ0v) is 10.6. The molecule has 17 heavy (non-hydrogen) atoms. The second-order valence-corrected chi connectivity index (χ2v) is 6.03. The third kappa shape index (κ3) is 3.27. The summed E-state index contributed by atoms with van der Waals surface area (Å²) in [7, 11) is -3.07. The summed E-state index contributed by atoms with van der Waals surface area (Å²) in [5, 5.41) is 10.9. The minimum atomic E-state index is -3.07. The first kappa shape index (κ1) is 12.1. The molecule has 8 heteroatoms. The minimum absolute atomic E-state index is 0.0205. The third-order valence-electron chi connectivity index (χ3n) is 2.12. The fourth-order valence-electron chi connectivity index (χ4n) is 1.41. The summed E-state index contributed by atoms with van der Waals surface area (Å²) in [5.41, 5.74) is 0.